The second-order valence-electron chi connectivity index (χ2n) is 7.52. The van der Waals surface area contributed by atoms with Crippen molar-refractivity contribution in [1.82, 2.24) is 0 Å². The summed E-state index contributed by atoms with van der Waals surface area (Å²) in [5.74, 6) is -0.240. The molecule has 0 heterocycles. The monoisotopic (exact) mass is 471 g/mol. The van der Waals surface area contributed by atoms with Crippen molar-refractivity contribution in [2.75, 3.05) is 0 Å². The van der Waals surface area contributed by atoms with E-state index < -0.39 is 14.7 Å². The van der Waals surface area contributed by atoms with Gasteiger partial charge in [-0.1, -0.05) is 56.3 Å². The normalized spacial score (nSPS) is 15.9. The van der Waals surface area contributed by atoms with Crippen LogP contribution < -0.4 is 30.0 Å². The SMILES string of the molecule is CCCCc1ccc(C([NH-])=O)c(C2=C(C)C(C)=C(C)C2C)c1[Si](C)C.[Cl-].[Cl-].[Ti+3]. The van der Waals surface area contributed by atoms with Crippen molar-refractivity contribution in [2.45, 2.75) is 67.0 Å². The summed E-state index contributed by atoms with van der Waals surface area (Å²) in [7, 11) is -0.762. The van der Waals surface area contributed by atoms with Gasteiger partial charge >= 0.3 is 21.7 Å². The van der Waals surface area contributed by atoms with E-state index in [0.29, 0.717) is 11.5 Å². The predicted molar refractivity (Wildman–Crippen MR) is 111 cm³/mol. The molecule has 1 N–H and O–H groups in total. The average Bonchev–Trinajstić information content (AvgIpc) is 2.75. The Hall–Kier alpha value is -0.319. The van der Waals surface area contributed by atoms with Gasteiger partial charge < -0.3 is 35.3 Å². The number of amides is 1. The van der Waals surface area contributed by atoms with Crippen molar-refractivity contribution in [3.63, 3.8) is 0 Å². The van der Waals surface area contributed by atoms with Gasteiger partial charge in [0.05, 0.1) is 14.7 Å². The minimum atomic E-state index is -0.762. The first-order valence-electron chi connectivity index (χ1n) is 9.33. The van der Waals surface area contributed by atoms with E-state index in [4.69, 9.17) is 5.73 Å². The summed E-state index contributed by atoms with van der Waals surface area (Å²) >= 11 is 0. The Morgan fingerprint density at radius 3 is 2.07 bits per heavy atom. The zero-order chi connectivity index (χ0) is 18.9. The zero-order valence-corrected chi connectivity index (χ0v) is 22.1. The van der Waals surface area contributed by atoms with Crippen LogP contribution in [0.3, 0.4) is 0 Å². The molecule has 1 atom stereocenters. The molecule has 2 nitrogen and oxygen atoms in total. The standard InChI is InChI=1S/C22H32NOSi.2ClH.Ti/c1-8-9-10-17-11-12-18(22(23)24)20(21(17)25(6)7)19-15(4)13(2)14(3)16(19)5;;;/h11-12,15H,8-10H2,1-7H3,(H2,23,24);2*1H;/q;;;+3/p-3. The Labute approximate surface area is 200 Å². The van der Waals surface area contributed by atoms with Crippen LogP contribution in [0.5, 0.6) is 0 Å². The van der Waals surface area contributed by atoms with Crippen LogP contribution in [0, 0.1) is 5.92 Å². The molecule has 0 fully saturated rings. The smallest absolute Gasteiger partial charge is 1.00 e. The summed E-state index contributed by atoms with van der Waals surface area (Å²) < 4.78 is 0. The maximum absolute atomic E-state index is 12.1. The number of halogens is 2. The number of hydrogen-bond acceptors (Lipinski definition) is 1. The van der Waals surface area contributed by atoms with Gasteiger partial charge in [0.2, 0.25) is 0 Å². The summed E-state index contributed by atoms with van der Waals surface area (Å²) in [4.78, 5) is 12.1. The number of carbonyl (C=O) groups excluding carboxylic acids is 1. The molecular formula is C22H31Cl2NOSiTi. The summed E-state index contributed by atoms with van der Waals surface area (Å²) in [6.45, 7) is 15.6. The van der Waals surface area contributed by atoms with E-state index in [2.05, 4.69) is 53.8 Å². The van der Waals surface area contributed by atoms with Crippen LogP contribution in [-0.4, -0.2) is 14.7 Å². The van der Waals surface area contributed by atoms with Gasteiger partial charge in [0.1, 0.15) is 0 Å². The van der Waals surface area contributed by atoms with E-state index in [1.807, 2.05) is 6.07 Å². The topological polar surface area (TPSA) is 40.9 Å². The van der Waals surface area contributed by atoms with Gasteiger partial charge in [-0.25, -0.2) is 0 Å². The van der Waals surface area contributed by atoms with Gasteiger partial charge in [-0.05, 0) is 61.5 Å². The Balaban J connectivity index is 0. The van der Waals surface area contributed by atoms with Gasteiger partial charge in [0.15, 0.2) is 0 Å². The largest absolute Gasteiger partial charge is 3.00 e. The number of unbranched alkanes of at least 4 members (excludes halogenated alkanes) is 1. The number of carbonyl (C=O) groups is 1. The van der Waals surface area contributed by atoms with Crippen LogP contribution in [0.4, 0.5) is 0 Å². The van der Waals surface area contributed by atoms with Gasteiger partial charge in [-0.2, -0.15) is 0 Å². The van der Waals surface area contributed by atoms with Crippen LogP contribution in [0.15, 0.2) is 28.9 Å². The molecule has 0 spiro atoms. The van der Waals surface area contributed by atoms with Gasteiger partial charge in [0, 0.05) is 11.5 Å². The first-order chi connectivity index (χ1) is 11.7. The van der Waals surface area contributed by atoms with E-state index in [-0.39, 0.29) is 46.5 Å². The molecular weight excluding hydrogens is 441 g/mol. The molecule has 1 amide bonds. The minimum Gasteiger partial charge on any atom is -1.00 e. The molecule has 28 heavy (non-hydrogen) atoms. The van der Waals surface area contributed by atoms with Crippen molar-refractivity contribution in [3.05, 3.63) is 51.3 Å². The van der Waals surface area contributed by atoms with Gasteiger partial charge in [-0.3, -0.25) is 0 Å². The number of aryl methyl sites for hydroxylation is 1. The molecule has 152 valence electrons. The van der Waals surface area contributed by atoms with Crippen LogP contribution >= 0.6 is 0 Å². The number of nitrogens with one attached hydrogen (secondary N) is 1. The minimum absolute atomic E-state index is 0. The molecule has 1 aromatic rings. The molecule has 0 aliphatic heterocycles. The zero-order valence-electron chi connectivity index (χ0n) is 18.0. The third-order valence-electron chi connectivity index (χ3n) is 5.75. The molecule has 1 aliphatic rings. The Kier molecular flexibility index (Phi) is 13.2. The van der Waals surface area contributed by atoms with Crippen LogP contribution in [-0.2, 0) is 28.1 Å². The third-order valence-corrected chi connectivity index (χ3v) is 7.32. The second-order valence-corrected chi connectivity index (χ2v) is 10.0. The maximum atomic E-state index is 12.1. The summed E-state index contributed by atoms with van der Waals surface area (Å²) in [5, 5.41) is 1.38. The van der Waals surface area contributed by atoms with E-state index in [0.717, 1.165) is 12.0 Å². The van der Waals surface area contributed by atoms with Gasteiger partial charge in [-0.15, -0.1) is 0 Å². The molecule has 0 saturated heterocycles. The molecule has 0 saturated carbocycles. The molecule has 2 radical (unpaired) electrons. The van der Waals surface area contributed by atoms with Crippen LogP contribution in [0.2, 0.25) is 13.1 Å². The van der Waals surface area contributed by atoms with Gasteiger partial charge in [0.25, 0.3) is 0 Å². The number of benzene rings is 1. The van der Waals surface area contributed by atoms with Crippen molar-refractivity contribution in [3.8, 4) is 0 Å². The fourth-order valence-corrected chi connectivity index (χ4v) is 5.65. The molecule has 1 aliphatic carbocycles. The number of hydrogen-bond donors (Lipinski definition) is 0. The Morgan fingerprint density at radius 2 is 1.68 bits per heavy atom. The van der Waals surface area contributed by atoms with Crippen LogP contribution in [0.1, 0.15) is 68.9 Å². The first kappa shape index (κ1) is 29.9. The summed E-state index contributed by atoms with van der Waals surface area (Å²) in [6, 6.07) is 4.01. The number of rotatable bonds is 6. The van der Waals surface area contributed by atoms with E-state index in [1.54, 1.807) is 0 Å². The quantitative estimate of drug-likeness (QED) is 0.536. The Bertz CT molecular complexity index is 772. The first-order valence-corrected chi connectivity index (χ1v) is 11.8. The van der Waals surface area contributed by atoms with E-state index >= 15 is 0 Å². The fourth-order valence-electron chi connectivity index (χ4n) is 4.03. The molecule has 0 aromatic heterocycles. The molecule has 6 heteroatoms. The predicted octanol–water partition coefficient (Wildman–Crippen LogP) is -0.0519. The maximum Gasteiger partial charge on any atom is 3.00 e. The van der Waals surface area contributed by atoms with E-state index in [1.165, 1.54) is 45.9 Å². The van der Waals surface area contributed by atoms with Crippen LogP contribution in [0.25, 0.3) is 11.3 Å². The van der Waals surface area contributed by atoms with E-state index in [9.17, 15) is 4.79 Å². The van der Waals surface area contributed by atoms with Crippen molar-refractivity contribution in [2.24, 2.45) is 5.92 Å². The van der Waals surface area contributed by atoms with Crippen molar-refractivity contribution < 1.29 is 51.3 Å². The fraction of sp³-hybridized carbons (Fsp3) is 0.500. The van der Waals surface area contributed by atoms with Crippen molar-refractivity contribution >= 4 is 25.5 Å². The van der Waals surface area contributed by atoms with Crippen molar-refractivity contribution in [1.29, 1.82) is 0 Å². The molecule has 1 unspecified atom stereocenters. The second kappa shape index (κ2) is 12.4. The average molecular weight is 472 g/mol. The Morgan fingerprint density at radius 1 is 1.11 bits per heavy atom. The molecule has 0 bridgehead atoms. The third kappa shape index (κ3) is 5.64. The summed E-state index contributed by atoms with van der Waals surface area (Å²) in [5.41, 5.74) is 16.2. The summed E-state index contributed by atoms with van der Waals surface area (Å²) in [6.07, 6.45) is 3.40. The molecule has 1 aromatic carbocycles. The molecule has 2 rings (SSSR count). The number of allylic oxidation sites excluding steroid dienone is 4.